The maximum atomic E-state index is 5.85. The molecule has 2 aromatic rings. The van der Waals surface area contributed by atoms with E-state index in [9.17, 15) is 0 Å². The summed E-state index contributed by atoms with van der Waals surface area (Å²) in [6.07, 6.45) is 2.98. The van der Waals surface area contributed by atoms with E-state index in [1.165, 1.54) is 16.7 Å². The number of aromatic nitrogens is 1. The van der Waals surface area contributed by atoms with Crippen molar-refractivity contribution in [3.05, 3.63) is 58.8 Å². The second-order valence-corrected chi connectivity index (χ2v) is 5.33. The summed E-state index contributed by atoms with van der Waals surface area (Å²) in [6, 6.07) is 10.8. The summed E-state index contributed by atoms with van der Waals surface area (Å²) in [5.74, 6) is 1.61. The number of fused-ring (bicyclic) bond motifs is 1. The van der Waals surface area contributed by atoms with Crippen LogP contribution < -0.4 is 4.90 Å². The van der Waals surface area contributed by atoms with Gasteiger partial charge in [0.25, 0.3) is 0 Å². The average molecular weight is 273 g/mol. The van der Waals surface area contributed by atoms with Gasteiger partial charge in [-0.1, -0.05) is 24.3 Å². The summed E-state index contributed by atoms with van der Waals surface area (Å²) in [5, 5.41) is 0. The summed E-state index contributed by atoms with van der Waals surface area (Å²) >= 11 is 5.85. The van der Waals surface area contributed by atoms with E-state index in [0.29, 0.717) is 5.88 Å². The second-order valence-electron chi connectivity index (χ2n) is 5.06. The van der Waals surface area contributed by atoms with Gasteiger partial charge in [0.15, 0.2) is 0 Å². The fraction of sp³-hybridized carbons (Fsp3) is 0.312. The van der Waals surface area contributed by atoms with Gasteiger partial charge in [-0.3, -0.25) is 0 Å². The molecule has 1 aliphatic heterocycles. The first-order chi connectivity index (χ1) is 9.28. The van der Waals surface area contributed by atoms with Crippen molar-refractivity contribution in [3.8, 4) is 0 Å². The van der Waals surface area contributed by atoms with E-state index in [4.69, 9.17) is 11.6 Å². The molecule has 0 unspecified atom stereocenters. The molecule has 19 heavy (non-hydrogen) atoms. The number of anilines is 1. The minimum atomic E-state index is 0.525. The molecule has 3 heteroatoms. The molecule has 2 heterocycles. The minimum absolute atomic E-state index is 0.525. The Kier molecular flexibility index (Phi) is 3.43. The van der Waals surface area contributed by atoms with Crippen molar-refractivity contribution >= 4 is 17.4 Å². The standard InChI is InChI=1S/C16H17ClN2/c1-12-8-13(9-17)10-18-16(12)19-7-6-14-4-2-3-5-15(14)11-19/h2-5,8,10H,6-7,9,11H2,1H3. The minimum Gasteiger partial charge on any atom is -0.352 e. The van der Waals surface area contributed by atoms with E-state index >= 15 is 0 Å². The van der Waals surface area contributed by atoms with E-state index in [2.05, 4.69) is 47.1 Å². The van der Waals surface area contributed by atoms with Crippen molar-refractivity contribution in [1.82, 2.24) is 4.98 Å². The first-order valence-electron chi connectivity index (χ1n) is 6.61. The second kappa shape index (κ2) is 5.22. The lowest BCUT2D eigenvalue weighted by molar-refractivity contribution is 0.718. The third kappa shape index (κ3) is 2.45. The van der Waals surface area contributed by atoms with Crippen molar-refractivity contribution in [2.45, 2.75) is 25.8 Å². The molecule has 0 amide bonds. The highest BCUT2D eigenvalue weighted by Crippen LogP contribution is 2.25. The highest BCUT2D eigenvalue weighted by atomic mass is 35.5. The lowest BCUT2D eigenvalue weighted by Gasteiger charge is -2.30. The van der Waals surface area contributed by atoms with Crippen LogP contribution in [-0.4, -0.2) is 11.5 Å². The van der Waals surface area contributed by atoms with Gasteiger partial charge < -0.3 is 4.90 Å². The molecule has 0 bridgehead atoms. The zero-order chi connectivity index (χ0) is 13.2. The molecule has 0 N–H and O–H groups in total. The van der Waals surface area contributed by atoms with Gasteiger partial charge in [-0.05, 0) is 41.7 Å². The quantitative estimate of drug-likeness (QED) is 0.775. The Morgan fingerprint density at radius 2 is 2.05 bits per heavy atom. The molecule has 0 radical (unpaired) electrons. The van der Waals surface area contributed by atoms with Crippen LogP contribution in [0.3, 0.4) is 0 Å². The number of nitrogens with zero attached hydrogens (tertiary/aromatic N) is 2. The average Bonchev–Trinajstić information content (AvgIpc) is 2.46. The summed E-state index contributed by atoms with van der Waals surface area (Å²) in [7, 11) is 0. The predicted molar refractivity (Wildman–Crippen MR) is 79.7 cm³/mol. The highest BCUT2D eigenvalue weighted by Gasteiger charge is 2.18. The van der Waals surface area contributed by atoms with Gasteiger partial charge in [-0.15, -0.1) is 11.6 Å². The van der Waals surface area contributed by atoms with Gasteiger partial charge in [0, 0.05) is 25.2 Å². The smallest absolute Gasteiger partial charge is 0.131 e. The molecule has 98 valence electrons. The van der Waals surface area contributed by atoms with E-state index in [0.717, 1.165) is 30.9 Å². The maximum absolute atomic E-state index is 5.85. The number of halogens is 1. The topological polar surface area (TPSA) is 16.1 Å². The van der Waals surface area contributed by atoms with Crippen molar-refractivity contribution < 1.29 is 0 Å². The van der Waals surface area contributed by atoms with Crippen LogP contribution in [0.25, 0.3) is 0 Å². The molecule has 1 aliphatic rings. The van der Waals surface area contributed by atoms with Crippen LogP contribution in [0.4, 0.5) is 5.82 Å². The predicted octanol–water partition coefficient (Wildman–Crippen LogP) is 3.69. The fourth-order valence-electron chi connectivity index (χ4n) is 2.71. The highest BCUT2D eigenvalue weighted by molar-refractivity contribution is 6.17. The van der Waals surface area contributed by atoms with Crippen LogP contribution in [0.5, 0.6) is 0 Å². The zero-order valence-electron chi connectivity index (χ0n) is 11.1. The van der Waals surface area contributed by atoms with Crippen LogP contribution in [0.15, 0.2) is 36.5 Å². The number of rotatable bonds is 2. The van der Waals surface area contributed by atoms with E-state index in [1.54, 1.807) is 0 Å². The number of hydrogen-bond donors (Lipinski definition) is 0. The number of pyridine rings is 1. The number of hydrogen-bond acceptors (Lipinski definition) is 2. The maximum Gasteiger partial charge on any atom is 0.131 e. The summed E-state index contributed by atoms with van der Waals surface area (Å²) < 4.78 is 0. The summed E-state index contributed by atoms with van der Waals surface area (Å²) in [4.78, 5) is 6.94. The SMILES string of the molecule is Cc1cc(CCl)cnc1N1CCc2ccccc2C1. The van der Waals surface area contributed by atoms with Gasteiger partial charge in [-0.25, -0.2) is 4.98 Å². The molecular weight excluding hydrogens is 256 g/mol. The first kappa shape index (κ1) is 12.5. The molecule has 1 aromatic carbocycles. The van der Waals surface area contributed by atoms with E-state index < -0.39 is 0 Å². The van der Waals surface area contributed by atoms with Gasteiger partial charge in [0.2, 0.25) is 0 Å². The molecule has 3 rings (SSSR count). The number of benzene rings is 1. The van der Waals surface area contributed by atoms with Crippen LogP contribution >= 0.6 is 11.6 Å². The van der Waals surface area contributed by atoms with Gasteiger partial charge in [-0.2, -0.15) is 0 Å². The Hall–Kier alpha value is -1.54. The van der Waals surface area contributed by atoms with Crippen molar-refractivity contribution in [2.75, 3.05) is 11.4 Å². The molecule has 0 fully saturated rings. The van der Waals surface area contributed by atoms with E-state index in [1.807, 2.05) is 6.20 Å². The fourth-order valence-corrected chi connectivity index (χ4v) is 2.85. The van der Waals surface area contributed by atoms with Gasteiger partial charge in [0.05, 0.1) is 0 Å². The molecule has 0 atom stereocenters. The number of alkyl halides is 1. The van der Waals surface area contributed by atoms with Crippen molar-refractivity contribution in [1.29, 1.82) is 0 Å². The van der Waals surface area contributed by atoms with Gasteiger partial charge >= 0.3 is 0 Å². The monoisotopic (exact) mass is 272 g/mol. The molecular formula is C16H17ClN2. The Balaban J connectivity index is 1.89. The normalized spacial score (nSPS) is 14.3. The molecule has 0 saturated heterocycles. The van der Waals surface area contributed by atoms with Crippen LogP contribution in [-0.2, 0) is 18.8 Å². The lowest BCUT2D eigenvalue weighted by atomic mass is 9.99. The van der Waals surface area contributed by atoms with Crippen molar-refractivity contribution in [2.24, 2.45) is 0 Å². The third-order valence-electron chi connectivity index (χ3n) is 3.69. The zero-order valence-corrected chi connectivity index (χ0v) is 11.8. The lowest BCUT2D eigenvalue weighted by Crippen LogP contribution is -2.31. The Bertz CT molecular complexity index is 595. The Morgan fingerprint density at radius 3 is 2.79 bits per heavy atom. The van der Waals surface area contributed by atoms with Crippen LogP contribution in [0.2, 0.25) is 0 Å². The molecule has 1 aromatic heterocycles. The van der Waals surface area contributed by atoms with Crippen LogP contribution in [0, 0.1) is 6.92 Å². The Labute approximate surface area is 119 Å². The largest absolute Gasteiger partial charge is 0.352 e. The molecule has 0 aliphatic carbocycles. The molecule has 2 nitrogen and oxygen atoms in total. The third-order valence-corrected chi connectivity index (χ3v) is 4.00. The van der Waals surface area contributed by atoms with E-state index in [-0.39, 0.29) is 0 Å². The van der Waals surface area contributed by atoms with Crippen molar-refractivity contribution in [3.63, 3.8) is 0 Å². The molecule has 0 saturated carbocycles. The van der Waals surface area contributed by atoms with Crippen LogP contribution in [0.1, 0.15) is 22.3 Å². The summed E-state index contributed by atoms with van der Waals surface area (Å²) in [6.45, 7) is 4.09. The number of aryl methyl sites for hydroxylation is 1. The first-order valence-corrected chi connectivity index (χ1v) is 7.14. The Morgan fingerprint density at radius 1 is 1.26 bits per heavy atom. The van der Waals surface area contributed by atoms with Gasteiger partial charge in [0.1, 0.15) is 5.82 Å². The summed E-state index contributed by atoms with van der Waals surface area (Å²) in [5.41, 5.74) is 5.17. The molecule has 0 spiro atoms.